The predicted molar refractivity (Wildman–Crippen MR) is 98.7 cm³/mol. The summed E-state index contributed by atoms with van der Waals surface area (Å²) in [6.07, 6.45) is 8.01. The Morgan fingerprint density at radius 3 is 2.46 bits per heavy atom. The molecule has 4 fully saturated rings. The van der Waals surface area contributed by atoms with Gasteiger partial charge >= 0.3 is 0 Å². The topological polar surface area (TPSA) is 46.1 Å². The molecular weight excluding hydrogens is 322 g/mol. The van der Waals surface area contributed by atoms with Gasteiger partial charge in [0.2, 0.25) is 0 Å². The van der Waals surface area contributed by atoms with E-state index in [1.54, 1.807) is 0 Å². The molecule has 0 aromatic rings. The van der Waals surface area contributed by atoms with E-state index in [1.807, 2.05) is 11.8 Å². The van der Waals surface area contributed by atoms with E-state index in [0.717, 1.165) is 70.0 Å². The van der Waals surface area contributed by atoms with Crippen molar-refractivity contribution in [2.24, 2.45) is 16.8 Å². The Morgan fingerprint density at radius 1 is 1.21 bits per heavy atom. The highest BCUT2D eigenvalue weighted by molar-refractivity contribution is 8.00. The zero-order chi connectivity index (χ0) is 16.6. The van der Waals surface area contributed by atoms with Crippen molar-refractivity contribution in [3.63, 3.8) is 0 Å². The van der Waals surface area contributed by atoms with Gasteiger partial charge in [-0.3, -0.25) is 4.99 Å². The van der Waals surface area contributed by atoms with Crippen LogP contribution in [0.5, 0.6) is 0 Å². The standard InChI is InChI=1S/C18H31N3O2S/c1-3-19-17(20-12-18(24-2)6-8-22-9-7-18)21-10-13-14(11-21)16-5-4-15(13)23-16/h13-16H,3-12H2,1-2H3,(H,19,20). The fourth-order valence-corrected chi connectivity index (χ4v) is 5.72. The van der Waals surface area contributed by atoms with Gasteiger partial charge in [0.15, 0.2) is 5.96 Å². The minimum Gasteiger partial charge on any atom is -0.381 e. The van der Waals surface area contributed by atoms with Crippen molar-refractivity contribution < 1.29 is 9.47 Å². The average Bonchev–Trinajstić information content (AvgIpc) is 3.32. The molecule has 2 bridgehead atoms. The zero-order valence-electron chi connectivity index (χ0n) is 15.0. The van der Waals surface area contributed by atoms with Crippen LogP contribution in [0.3, 0.4) is 0 Å². The Kier molecular flexibility index (Phi) is 4.98. The maximum atomic E-state index is 6.11. The summed E-state index contributed by atoms with van der Waals surface area (Å²) in [7, 11) is 0. The van der Waals surface area contributed by atoms with Gasteiger partial charge in [0.1, 0.15) is 0 Å². The summed E-state index contributed by atoms with van der Waals surface area (Å²) < 4.78 is 11.9. The number of nitrogens with zero attached hydrogens (tertiary/aromatic N) is 2. The van der Waals surface area contributed by atoms with E-state index >= 15 is 0 Å². The SMILES string of the molecule is CCNC(=NCC1(SC)CCOCC1)N1CC2C3CCC(O3)C2C1. The molecule has 24 heavy (non-hydrogen) atoms. The molecule has 0 aromatic heterocycles. The molecule has 4 aliphatic heterocycles. The molecule has 4 saturated heterocycles. The molecule has 0 amide bonds. The van der Waals surface area contributed by atoms with E-state index in [4.69, 9.17) is 14.5 Å². The van der Waals surface area contributed by atoms with Crippen LogP contribution < -0.4 is 5.32 Å². The van der Waals surface area contributed by atoms with Gasteiger partial charge in [0.05, 0.1) is 18.8 Å². The summed E-state index contributed by atoms with van der Waals surface area (Å²) in [6, 6.07) is 0. The Bertz CT molecular complexity index is 463. The highest BCUT2D eigenvalue weighted by Crippen LogP contribution is 2.47. The first-order valence-corrected chi connectivity index (χ1v) is 10.8. The Hall–Kier alpha value is -0.460. The van der Waals surface area contributed by atoms with Gasteiger partial charge in [0, 0.05) is 49.4 Å². The minimum atomic E-state index is 0.261. The normalized spacial score (nSPS) is 37.8. The molecule has 0 spiro atoms. The molecule has 5 nitrogen and oxygen atoms in total. The van der Waals surface area contributed by atoms with Crippen molar-refractivity contribution >= 4 is 17.7 Å². The van der Waals surface area contributed by atoms with Crippen molar-refractivity contribution in [1.29, 1.82) is 0 Å². The van der Waals surface area contributed by atoms with E-state index in [9.17, 15) is 0 Å². The molecular formula is C18H31N3O2S. The average molecular weight is 354 g/mol. The monoisotopic (exact) mass is 353 g/mol. The molecule has 4 rings (SSSR count). The molecule has 4 heterocycles. The molecule has 0 aliphatic carbocycles. The number of fused-ring (bicyclic) bond motifs is 5. The van der Waals surface area contributed by atoms with Gasteiger partial charge in [-0.25, -0.2) is 0 Å². The fourth-order valence-electron chi connectivity index (χ4n) is 4.95. The van der Waals surface area contributed by atoms with Crippen LogP contribution in [0.15, 0.2) is 4.99 Å². The lowest BCUT2D eigenvalue weighted by molar-refractivity contribution is 0.0762. The number of thioether (sulfide) groups is 1. The van der Waals surface area contributed by atoms with Crippen molar-refractivity contribution in [3.8, 4) is 0 Å². The van der Waals surface area contributed by atoms with Crippen LogP contribution >= 0.6 is 11.8 Å². The van der Waals surface area contributed by atoms with Crippen molar-refractivity contribution in [2.45, 2.75) is 49.6 Å². The summed E-state index contributed by atoms with van der Waals surface area (Å²) in [5.74, 6) is 2.57. The van der Waals surface area contributed by atoms with Crippen LogP contribution in [0.4, 0.5) is 0 Å². The maximum absolute atomic E-state index is 6.11. The third kappa shape index (κ3) is 3.06. The molecule has 4 aliphatic rings. The summed E-state index contributed by atoms with van der Waals surface area (Å²) in [6.45, 7) is 7.99. The van der Waals surface area contributed by atoms with Crippen LogP contribution in [-0.4, -0.2) is 73.5 Å². The lowest BCUT2D eigenvalue weighted by Gasteiger charge is -2.35. The number of aliphatic imine (C=N–C) groups is 1. The largest absolute Gasteiger partial charge is 0.381 e. The first kappa shape index (κ1) is 17.0. The molecule has 0 saturated carbocycles. The number of guanidine groups is 1. The second-order valence-corrected chi connectivity index (χ2v) is 8.97. The quantitative estimate of drug-likeness (QED) is 0.618. The van der Waals surface area contributed by atoms with Crippen LogP contribution in [-0.2, 0) is 9.47 Å². The molecule has 136 valence electrons. The van der Waals surface area contributed by atoms with Crippen LogP contribution in [0.25, 0.3) is 0 Å². The molecule has 0 radical (unpaired) electrons. The zero-order valence-corrected chi connectivity index (χ0v) is 15.8. The predicted octanol–water partition coefficient (Wildman–Crippen LogP) is 1.97. The summed E-state index contributed by atoms with van der Waals surface area (Å²) >= 11 is 1.97. The number of nitrogens with one attached hydrogen (secondary N) is 1. The highest BCUT2D eigenvalue weighted by Gasteiger charge is 2.53. The van der Waals surface area contributed by atoms with Gasteiger partial charge in [-0.1, -0.05) is 0 Å². The number of hydrogen-bond acceptors (Lipinski definition) is 4. The van der Waals surface area contributed by atoms with Crippen molar-refractivity contribution in [2.75, 3.05) is 45.6 Å². The van der Waals surface area contributed by atoms with E-state index < -0.39 is 0 Å². The molecule has 0 aromatic carbocycles. The van der Waals surface area contributed by atoms with Crippen LogP contribution in [0.1, 0.15) is 32.6 Å². The van der Waals surface area contributed by atoms with E-state index in [0.29, 0.717) is 12.2 Å². The molecule has 6 heteroatoms. The van der Waals surface area contributed by atoms with Gasteiger partial charge < -0.3 is 19.7 Å². The van der Waals surface area contributed by atoms with Gasteiger partial charge in [0.25, 0.3) is 0 Å². The minimum absolute atomic E-state index is 0.261. The number of hydrogen-bond donors (Lipinski definition) is 1. The third-order valence-corrected chi connectivity index (χ3v) is 7.84. The van der Waals surface area contributed by atoms with Gasteiger partial charge in [-0.15, -0.1) is 0 Å². The van der Waals surface area contributed by atoms with Gasteiger partial charge in [-0.05, 0) is 38.9 Å². The first-order valence-electron chi connectivity index (χ1n) is 9.56. The second kappa shape index (κ2) is 7.04. The van der Waals surface area contributed by atoms with Crippen LogP contribution in [0.2, 0.25) is 0 Å². The Morgan fingerprint density at radius 2 is 1.88 bits per heavy atom. The smallest absolute Gasteiger partial charge is 0.193 e. The number of likely N-dealkylation sites (tertiary alicyclic amines) is 1. The van der Waals surface area contributed by atoms with E-state index in [1.165, 1.54) is 12.8 Å². The number of rotatable bonds is 4. The fraction of sp³-hybridized carbons (Fsp3) is 0.944. The van der Waals surface area contributed by atoms with Crippen molar-refractivity contribution in [3.05, 3.63) is 0 Å². The lowest BCUT2D eigenvalue weighted by atomic mass is 9.82. The molecule has 1 N–H and O–H groups in total. The highest BCUT2D eigenvalue weighted by atomic mass is 32.2. The second-order valence-electron chi connectivity index (χ2n) is 7.69. The lowest BCUT2D eigenvalue weighted by Crippen LogP contribution is -2.43. The van der Waals surface area contributed by atoms with Gasteiger partial charge in [-0.2, -0.15) is 11.8 Å². The van der Waals surface area contributed by atoms with Crippen molar-refractivity contribution in [1.82, 2.24) is 10.2 Å². The van der Waals surface area contributed by atoms with E-state index in [2.05, 4.69) is 23.4 Å². The molecule has 4 unspecified atom stereocenters. The summed E-state index contributed by atoms with van der Waals surface area (Å²) in [5, 5.41) is 3.54. The summed E-state index contributed by atoms with van der Waals surface area (Å²) in [5.41, 5.74) is 0. The van der Waals surface area contributed by atoms with Crippen LogP contribution in [0, 0.1) is 11.8 Å². The first-order chi connectivity index (χ1) is 11.7. The Balaban J connectivity index is 1.44. The maximum Gasteiger partial charge on any atom is 0.193 e. The van der Waals surface area contributed by atoms with E-state index in [-0.39, 0.29) is 4.75 Å². The Labute approximate surface area is 149 Å². The number of ether oxygens (including phenoxy) is 2. The molecule has 4 atom stereocenters. The summed E-state index contributed by atoms with van der Waals surface area (Å²) in [4.78, 5) is 7.57. The third-order valence-electron chi connectivity index (χ3n) is 6.44.